The van der Waals surface area contributed by atoms with E-state index in [0.717, 1.165) is 12.1 Å². The maximum Gasteiger partial charge on any atom is 0.251 e. The predicted octanol–water partition coefficient (Wildman–Crippen LogP) is 3.40. The van der Waals surface area contributed by atoms with Crippen LogP contribution in [0.25, 0.3) is 0 Å². The number of aliphatic hydroxyl groups is 1. The first-order valence-electron chi connectivity index (χ1n) is 9.23. The molecule has 3 N–H and O–H groups in total. The van der Waals surface area contributed by atoms with Crippen molar-refractivity contribution in [3.05, 3.63) is 59.7 Å². The van der Waals surface area contributed by atoms with Crippen LogP contribution in [0.3, 0.4) is 0 Å². The van der Waals surface area contributed by atoms with Gasteiger partial charge in [-0.05, 0) is 61.9 Å². The van der Waals surface area contributed by atoms with Gasteiger partial charge < -0.3 is 20.3 Å². The number of halogens is 2. The van der Waals surface area contributed by atoms with Gasteiger partial charge in [-0.1, -0.05) is 12.1 Å². The van der Waals surface area contributed by atoms with Crippen molar-refractivity contribution in [1.82, 2.24) is 5.32 Å². The van der Waals surface area contributed by atoms with E-state index in [1.54, 1.807) is 18.2 Å². The van der Waals surface area contributed by atoms with Gasteiger partial charge in [0.2, 0.25) is 0 Å². The topological polar surface area (TPSA) is 78.8 Å². The lowest BCUT2D eigenvalue weighted by Gasteiger charge is -2.36. The lowest BCUT2D eigenvalue weighted by molar-refractivity contribution is -0.0131. The molecule has 0 spiro atoms. The Morgan fingerprint density at radius 1 is 1.14 bits per heavy atom. The fourth-order valence-corrected chi connectivity index (χ4v) is 3.32. The minimum atomic E-state index is -1.04. The van der Waals surface area contributed by atoms with Crippen LogP contribution in [0.4, 0.5) is 8.78 Å². The quantitative estimate of drug-likeness (QED) is 0.705. The van der Waals surface area contributed by atoms with E-state index < -0.39 is 28.9 Å². The molecule has 3 rings (SSSR count). The second-order valence-electron chi connectivity index (χ2n) is 7.26. The number of phenolic OH excluding ortho intramolecular Hbond substituents is 1. The maximum atomic E-state index is 13.6. The highest BCUT2D eigenvalue weighted by Gasteiger charge is 2.34. The van der Waals surface area contributed by atoms with E-state index >= 15 is 0 Å². The third-order valence-electron chi connectivity index (χ3n) is 5.13. The Morgan fingerprint density at radius 2 is 1.86 bits per heavy atom. The molecule has 150 valence electrons. The highest BCUT2D eigenvalue weighted by molar-refractivity contribution is 5.94. The minimum absolute atomic E-state index is 0.0508. The van der Waals surface area contributed by atoms with Crippen molar-refractivity contribution in [3.8, 4) is 11.5 Å². The third-order valence-corrected chi connectivity index (χ3v) is 5.13. The van der Waals surface area contributed by atoms with Crippen molar-refractivity contribution >= 4 is 5.91 Å². The van der Waals surface area contributed by atoms with Crippen LogP contribution in [0.15, 0.2) is 42.5 Å². The average Bonchev–Trinajstić information content (AvgIpc) is 2.69. The Bertz CT molecular complexity index is 835. The molecule has 0 atom stereocenters. The summed E-state index contributed by atoms with van der Waals surface area (Å²) < 4.78 is 32.5. The molecule has 1 saturated carbocycles. The standard InChI is InChI=1S/C21H23F2NO4/c22-16-3-1-2-4-19(16)28-12-14-7-9-21(27,10-8-14)13-24-20(26)15-5-6-18(25)17(23)11-15/h1-6,11,14,25,27H,7-10,12-13H2,(H,24,26)/t14-,21+. The molecule has 28 heavy (non-hydrogen) atoms. The summed E-state index contributed by atoms with van der Waals surface area (Å²) in [4.78, 5) is 12.1. The first-order valence-corrected chi connectivity index (χ1v) is 9.23. The number of ether oxygens (including phenoxy) is 1. The second-order valence-corrected chi connectivity index (χ2v) is 7.26. The van der Waals surface area contributed by atoms with E-state index in [1.165, 1.54) is 12.1 Å². The number of carbonyl (C=O) groups is 1. The van der Waals surface area contributed by atoms with E-state index in [9.17, 15) is 23.8 Å². The van der Waals surface area contributed by atoms with Gasteiger partial charge in [-0.3, -0.25) is 4.79 Å². The molecule has 0 saturated heterocycles. The summed E-state index contributed by atoms with van der Waals surface area (Å²) in [6.07, 6.45) is 2.33. The smallest absolute Gasteiger partial charge is 0.251 e. The van der Waals surface area contributed by atoms with Gasteiger partial charge in [-0.15, -0.1) is 0 Å². The molecule has 0 aromatic heterocycles. The van der Waals surface area contributed by atoms with E-state index in [2.05, 4.69) is 5.32 Å². The zero-order valence-electron chi connectivity index (χ0n) is 15.3. The summed E-state index contributed by atoms with van der Waals surface area (Å²) in [5.74, 6) is -1.90. The molecule has 2 aromatic carbocycles. The molecular formula is C21H23F2NO4. The van der Waals surface area contributed by atoms with Crippen LogP contribution in [0.5, 0.6) is 11.5 Å². The Balaban J connectivity index is 1.46. The molecule has 0 bridgehead atoms. The zero-order chi connectivity index (χ0) is 20.1. The number of hydrogen-bond donors (Lipinski definition) is 3. The fourth-order valence-electron chi connectivity index (χ4n) is 3.32. The monoisotopic (exact) mass is 391 g/mol. The van der Waals surface area contributed by atoms with Gasteiger partial charge in [0, 0.05) is 12.1 Å². The number of phenols is 1. The number of amides is 1. The summed E-state index contributed by atoms with van der Waals surface area (Å²) >= 11 is 0. The van der Waals surface area contributed by atoms with E-state index in [0.29, 0.717) is 32.3 Å². The minimum Gasteiger partial charge on any atom is -0.505 e. The molecule has 1 aliphatic rings. The summed E-state index contributed by atoms with van der Waals surface area (Å²) in [6, 6.07) is 9.61. The first-order chi connectivity index (χ1) is 13.4. The zero-order valence-corrected chi connectivity index (χ0v) is 15.3. The SMILES string of the molecule is O=C(NC[C@]1(O)CC[C@@H](COc2ccccc2F)CC1)c1ccc(O)c(F)c1. The van der Waals surface area contributed by atoms with Gasteiger partial charge in [0.15, 0.2) is 23.1 Å². The van der Waals surface area contributed by atoms with Crippen molar-refractivity contribution in [2.45, 2.75) is 31.3 Å². The number of hydrogen-bond acceptors (Lipinski definition) is 4. The van der Waals surface area contributed by atoms with Gasteiger partial charge in [0.1, 0.15) is 0 Å². The Morgan fingerprint density at radius 3 is 2.54 bits per heavy atom. The molecule has 1 aliphatic carbocycles. The Kier molecular flexibility index (Phi) is 6.14. The van der Waals surface area contributed by atoms with Crippen molar-refractivity contribution in [3.63, 3.8) is 0 Å². The molecule has 5 nitrogen and oxygen atoms in total. The van der Waals surface area contributed by atoms with Crippen LogP contribution in [0.1, 0.15) is 36.0 Å². The average molecular weight is 391 g/mol. The number of benzene rings is 2. The molecule has 2 aromatic rings. The van der Waals surface area contributed by atoms with Crippen LogP contribution in [0.2, 0.25) is 0 Å². The van der Waals surface area contributed by atoms with Crippen molar-refractivity contribution in [2.75, 3.05) is 13.2 Å². The molecule has 0 unspecified atom stereocenters. The molecule has 1 amide bonds. The number of para-hydroxylation sites is 1. The van der Waals surface area contributed by atoms with Gasteiger partial charge in [-0.2, -0.15) is 0 Å². The highest BCUT2D eigenvalue weighted by Crippen LogP contribution is 2.32. The third kappa shape index (κ3) is 4.98. The number of carbonyl (C=O) groups excluding carboxylic acids is 1. The number of rotatable bonds is 6. The lowest BCUT2D eigenvalue weighted by Crippen LogP contribution is -2.45. The molecular weight excluding hydrogens is 368 g/mol. The second kappa shape index (κ2) is 8.56. The molecule has 7 heteroatoms. The van der Waals surface area contributed by atoms with Gasteiger partial charge >= 0.3 is 0 Å². The van der Waals surface area contributed by atoms with Crippen LogP contribution < -0.4 is 10.1 Å². The summed E-state index contributed by atoms with van der Waals surface area (Å²) in [5.41, 5.74) is -0.967. The van der Waals surface area contributed by atoms with Gasteiger partial charge in [0.25, 0.3) is 5.91 Å². The molecule has 1 fully saturated rings. The summed E-state index contributed by atoms with van der Waals surface area (Å²) in [7, 11) is 0. The van der Waals surface area contributed by atoms with Gasteiger partial charge in [0.05, 0.1) is 12.2 Å². The largest absolute Gasteiger partial charge is 0.505 e. The van der Waals surface area contributed by atoms with Crippen LogP contribution in [0, 0.1) is 17.6 Å². The normalized spacial score (nSPS) is 21.9. The van der Waals surface area contributed by atoms with Crippen molar-refractivity contribution in [1.29, 1.82) is 0 Å². The summed E-state index contributed by atoms with van der Waals surface area (Å²) in [6.45, 7) is 0.422. The first kappa shape index (κ1) is 20.1. The van der Waals surface area contributed by atoms with Crippen LogP contribution in [-0.2, 0) is 0 Å². The van der Waals surface area contributed by atoms with E-state index in [1.807, 2.05) is 0 Å². The Hall–Kier alpha value is -2.67. The molecule has 0 aliphatic heterocycles. The molecule has 0 heterocycles. The van der Waals surface area contributed by atoms with Crippen LogP contribution in [-0.4, -0.2) is 34.9 Å². The number of nitrogens with one attached hydrogen (secondary N) is 1. The van der Waals surface area contributed by atoms with Crippen LogP contribution >= 0.6 is 0 Å². The van der Waals surface area contributed by atoms with E-state index in [4.69, 9.17) is 4.74 Å². The number of aromatic hydroxyl groups is 1. The predicted molar refractivity (Wildman–Crippen MR) is 99.2 cm³/mol. The highest BCUT2D eigenvalue weighted by atomic mass is 19.1. The molecule has 0 radical (unpaired) electrons. The van der Waals surface area contributed by atoms with Crippen molar-refractivity contribution < 1.29 is 28.5 Å². The Labute approximate surface area is 162 Å². The maximum absolute atomic E-state index is 13.6. The lowest BCUT2D eigenvalue weighted by atomic mass is 9.79. The fraction of sp³-hybridized carbons (Fsp3) is 0.381. The van der Waals surface area contributed by atoms with E-state index in [-0.39, 0.29) is 23.8 Å². The summed E-state index contributed by atoms with van der Waals surface area (Å²) in [5, 5.41) is 22.5. The van der Waals surface area contributed by atoms with Gasteiger partial charge in [-0.25, -0.2) is 8.78 Å². The van der Waals surface area contributed by atoms with Crippen molar-refractivity contribution in [2.24, 2.45) is 5.92 Å².